The molecule has 1 heterocycles. The summed E-state index contributed by atoms with van der Waals surface area (Å²) in [4.78, 5) is 36.5. The second kappa shape index (κ2) is 6.04. The van der Waals surface area contributed by atoms with E-state index in [4.69, 9.17) is 9.84 Å². The van der Waals surface area contributed by atoms with Gasteiger partial charge >= 0.3 is 17.7 Å². The van der Waals surface area contributed by atoms with Gasteiger partial charge in [-0.3, -0.25) is 15.4 Å². The minimum Gasteiger partial charge on any atom is -0.477 e. The fraction of sp³-hybridized carbons (Fsp3) is 0.364. The van der Waals surface area contributed by atoms with E-state index in [0.717, 1.165) is 6.20 Å². The van der Waals surface area contributed by atoms with Crippen LogP contribution in [0, 0.1) is 10.1 Å². The number of ether oxygens (including phenoxy) is 1. The maximum Gasteiger partial charge on any atom is 0.413 e. The minimum atomic E-state index is -1.52. The number of aromatic nitrogens is 1. The third kappa shape index (κ3) is 4.38. The van der Waals surface area contributed by atoms with Crippen molar-refractivity contribution in [1.82, 2.24) is 4.98 Å². The van der Waals surface area contributed by atoms with E-state index in [1.807, 2.05) is 0 Å². The van der Waals surface area contributed by atoms with Crippen molar-refractivity contribution < 1.29 is 24.4 Å². The number of carbonyl (C=O) groups excluding carboxylic acids is 1. The molecule has 114 valence electrons. The van der Waals surface area contributed by atoms with Crippen LogP contribution in [0.15, 0.2) is 10.7 Å². The molecule has 21 heavy (non-hydrogen) atoms. The number of hydrogen-bond donors (Lipinski definition) is 2. The summed E-state index contributed by atoms with van der Waals surface area (Å²) < 4.78 is 4.86. The van der Waals surface area contributed by atoms with Gasteiger partial charge in [0.2, 0.25) is 5.82 Å². The molecule has 0 aromatic carbocycles. The molecule has 0 fully saturated rings. The van der Waals surface area contributed by atoms with Crippen molar-refractivity contribution in [3.63, 3.8) is 0 Å². The minimum absolute atomic E-state index is 0.0727. The van der Waals surface area contributed by atoms with Crippen molar-refractivity contribution in [2.24, 2.45) is 0 Å². The number of anilines is 1. The Labute approximate surface area is 127 Å². The molecule has 0 bridgehead atoms. The molecule has 0 aliphatic carbocycles. The number of nitrogens with one attached hydrogen (secondary N) is 1. The lowest BCUT2D eigenvalue weighted by molar-refractivity contribution is -0.384. The zero-order chi connectivity index (χ0) is 16.4. The molecule has 2 N–H and O–H groups in total. The maximum absolute atomic E-state index is 11.6. The van der Waals surface area contributed by atoms with Crippen molar-refractivity contribution in [3.05, 3.63) is 26.3 Å². The first-order chi connectivity index (χ1) is 9.53. The van der Waals surface area contributed by atoms with Gasteiger partial charge in [0.15, 0.2) is 5.56 Å². The third-order valence-electron chi connectivity index (χ3n) is 2.02. The zero-order valence-corrected chi connectivity index (χ0v) is 12.9. The topological polar surface area (TPSA) is 132 Å². The number of carboxylic acids is 1. The first-order valence-electron chi connectivity index (χ1n) is 5.59. The Morgan fingerprint density at radius 2 is 2.05 bits per heavy atom. The molecule has 0 aliphatic heterocycles. The number of hydrogen-bond acceptors (Lipinski definition) is 6. The highest BCUT2D eigenvalue weighted by atomic mass is 79.9. The lowest BCUT2D eigenvalue weighted by Gasteiger charge is -2.19. The number of rotatable bonds is 3. The van der Waals surface area contributed by atoms with Crippen LogP contribution in [0.25, 0.3) is 0 Å². The Bertz CT molecular complexity index is 611. The number of pyridine rings is 1. The number of carbonyl (C=O) groups is 2. The lowest BCUT2D eigenvalue weighted by atomic mass is 10.2. The third-order valence-corrected chi connectivity index (χ3v) is 2.62. The van der Waals surface area contributed by atoms with Gasteiger partial charge in [0.05, 0.1) is 9.40 Å². The normalized spacial score (nSPS) is 10.9. The molecule has 0 atom stereocenters. The maximum atomic E-state index is 11.6. The van der Waals surface area contributed by atoms with Crippen LogP contribution < -0.4 is 5.32 Å². The van der Waals surface area contributed by atoms with Gasteiger partial charge < -0.3 is 9.84 Å². The molecule has 0 saturated carbocycles. The van der Waals surface area contributed by atoms with Crippen LogP contribution >= 0.6 is 15.9 Å². The molecule has 1 rings (SSSR count). The molecule has 0 saturated heterocycles. The second-order valence-corrected chi connectivity index (χ2v) is 5.72. The monoisotopic (exact) mass is 361 g/mol. The molecular formula is C11H12BrN3O6. The lowest BCUT2D eigenvalue weighted by Crippen LogP contribution is -2.28. The predicted octanol–water partition coefficient (Wildman–Crippen LogP) is 2.80. The van der Waals surface area contributed by atoms with Crippen LogP contribution in [-0.2, 0) is 4.74 Å². The summed E-state index contributed by atoms with van der Waals surface area (Å²) in [7, 11) is 0. The zero-order valence-electron chi connectivity index (χ0n) is 11.3. The highest BCUT2D eigenvalue weighted by Crippen LogP contribution is 2.32. The summed E-state index contributed by atoms with van der Waals surface area (Å²) in [5, 5.41) is 22.2. The van der Waals surface area contributed by atoms with Crippen LogP contribution in [0.4, 0.5) is 16.3 Å². The van der Waals surface area contributed by atoms with E-state index in [1.54, 1.807) is 20.8 Å². The van der Waals surface area contributed by atoms with E-state index in [2.05, 4.69) is 26.2 Å². The van der Waals surface area contributed by atoms with Crippen molar-refractivity contribution in [2.75, 3.05) is 5.32 Å². The Morgan fingerprint density at radius 3 is 2.48 bits per heavy atom. The summed E-state index contributed by atoms with van der Waals surface area (Å²) in [5.74, 6) is -2.03. The molecule has 1 amide bonds. The van der Waals surface area contributed by atoms with Crippen molar-refractivity contribution in [2.45, 2.75) is 26.4 Å². The second-order valence-electron chi connectivity index (χ2n) is 4.87. The van der Waals surface area contributed by atoms with Gasteiger partial charge in [0.25, 0.3) is 0 Å². The first-order valence-corrected chi connectivity index (χ1v) is 6.38. The summed E-state index contributed by atoms with van der Waals surface area (Å²) >= 11 is 2.87. The average molecular weight is 362 g/mol. The molecule has 0 spiro atoms. The first kappa shape index (κ1) is 16.8. The van der Waals surface area contributed by atoms with Crippen LogP contribution in [-0.4, -0.2) is 32.7 Å². The van der Waals surface area contributed by atoms with Gasteiger partial charge in [-0.05, 0) is 36.7 Å². The Balaban J connectivity index is 3.25. The van der Waals surface area contributed by atoms with Gasteiger partial charge in [-0.15, -0.1) is 0 Å². The van der Waals surface area contributed by atoms with Crippen LogP contribution in [0.2, 0.25) is 0 Å². The highest BCUT2D eigenvalue weighted by molar-refractivity contribution is 9.10. The SMILES string of the molecule is CC(C)(C)OC(=O)Nc1ncc(Br)c(C(=O)O)c1[N+](=O)[O-]. The summed E-state index contributed by atoms with van der Waals surface area (Å²) in [6.07, 6.45) is 0.0696. The van der Waals surface area contributed by atoms with Gasteiger partial charge in [0.1, 0.15) is 5.60 Å². The Hall–Kier alpha value is -2.23. The Kier molecular flexibility index (Phi) is 4.84. The van der Waals surface area contributed by atoms with Crippen molar-refractivity contribution in [1.29, 1.82) is 0 Å². The van der Waals surface area contributed by atoms with E-state index >= 15 is 0 Å². The van der Waals surface area contributed by atoms with Gasteiger partial charge in [-0.25, -0.2) is 14.6 Å². The average Bonchev–Trinajstić information content (AvgIpc) is 2.27. The highest BCUT2D eigenvalue weighted by Gasteiger charge is 2.30. The molecule has 9 nitrogen and oxygen atoms in total. The quantitative estimate of drug-likeness (QED) is 0.624. The smallest absolute Gasteiger partial charge is 0.413 e. The van der Waals surface area contributed by atoms with Gasteiger partial charge in [-0.2, -0.15) is 0 Å². The van der Waals surface area contributed by atoms with Crippen molar-refractivity contribution in [3.8, 4) is 0 Å². The van der Waals surface area contributed by atoms with E-state index in [-0.39, 0.29) is 4.47 Å². The molecule has 0 unspecified atom stereocenters. The summed E-state index contributed by atoms with van der Waals surface area (Å²) in [6.45, 7) is 4.83. The number of carboxylic acid groups (broad SMARTS) is 1. The van der Waals surface area contributed by atoms with Crippen LogP contribution in [0.5, 0.6) is 0 Å². The standard InChI is InChI=1S/C11H12BrN3O6/c1-11(2,3)21-10(18)14-8-7(15(19)20)6(9(16)17)5(12)4-13-8/h4H,1-3H3,(H,16,17)(H,13,14,18). The number of aromatic carboxylic acids is 1. The number of halogens is 1. The predicted molar refractivity (Wildman–Crippen MR) is 75.4 cm³/mol. The number of amides is 1. The van der Waals surface area contributed by atoms with E-state index < -0.39 is 39.7 Å². The fourth-order valence-electron chi connectivity index (χ4n) is 1.35. The van der Waals surface area contributed by atoms with Gasteiger partial charge in [-0.1, -0.05) is 0 Å². The largest absolute Gasteiger partial charge is 0.477 e. The summed E-state index contributed by atoms with van der Waals surface area (Å²) in [5.41, 5.74) is -2.26. The van der Waals surface area contributed by atoms with Crippen molar-refractivity contribution >= 4 is 39.5 Å². The number of nitro groups is 1. The summed E-state index contributed by atoms with van der Waals surface area (Å²) in [6, 6.07) is 0. The molecule has 10 heteroatoms. The molecule has 0 radical (unpaired) electrons. The van der Waals surface area contributed by atoms with E-state index in [0.29, 0.717) is 0 Å². The number of nitrogens with zero attached hydrogens (tertiary/aromatic N) is 2. The van der Waals surface area contributed by atoms with Crippen LogP contribution in [0.3, 0.4) is 0 Å². The van der Waals surface area contributed by atoms with E-state index in [1.165, 1.54) is 0 Å². The molecular weight excluding hydrogens is 350 g/mol. The van der Waals surface area contributed by atoms with Crippen LogP contribution in [0.1, 0.15) is 31.1 Å². The Morgan fingerprint density at radius 1 is 1.48 bits per heavy atom. The molecule has 1 aromatic heterocycles. The molecule has 1 aromatic rings. The van der Waals surface area contributed by atoms with E-state index in [9.17, 15) is 19.7 Å². The molecule has 0 aliphatic rings. The fourth-order valence-corrected chi connectivity index (χ4v) is 1.81. The van der Waals surface area contributed by atoms with Gasteiger partial charge in [0, 0.05) is 6.20 Å².